The van der Waals surface area contributed by atoms with Crippen LogP contribution in [0.25, 0.3) is 0 Å². The molecule has 0 unspecified atom stereocenters. The van der Waals surface area contributed by atoms with Gasteiger partial charge in [0.15, 0.2) is 0 Å². The molecular formula is C18H26N6. The molecule has 1 aliphatic heterocycles. The number of fused-ring (bicyclic) bond motifs is 1. The van der Waals surface area contributed by atoms with E-state index in [1.165, 1.54) is 16.7 Å². The molecular weight excluding hydrogens is 300 g/mol. The number of anilines is 3. The first-order valence-electron chi connectivity index (χ1n) is 8.32. The highest BCUT2D eigenvalue weighted by molar-refractivity contribution is 5.53. The average Bonchev–Trinajstić information content (AvgIpc) is 2.85. The van der Waals surface area contributed by atoms with Gasteiger partial charge in [-0.25, -0.2) is 0 Å². The van der Waals surface area contributed by atoms with Gasteiger partial charge in [-0.1, -0.05) is 18.2 Å². The largest absolute Gasteiger partial charge is 0.368 e. The number of nitrogens with zero attached hydrogens (tertiary/aromatic N) is 4. The van der Waals surface area contributed by atoms with Gasteiger partial charge in [-0.05, 0) is 37.6 Å². The molecule has 2 heterocycles. The first-order chi connectivity index (χ1) is 11.4. The topological polar surface area (TPSA) is 70.3 Å². The number of nitrogens with one attached hydrogen (secondary N) is 1. The van der Waals surface area contributed by atoms with Crippen molar-refractivity contribution in [3.63, 3.8) is 0 Å². The van der Waals surface area contributed by atoms with Gasteiger partial charge in [0.2, 0.25) is 5.95 Å². The quantitative estimate of drug-likeness (QED) is 0.879. The zero-order chi connectivity index (χ0) is 17.3. The predicted octanol–water partition coefficient (Wildman–Crippen LogP) is 2.46. The van der Waals surface area contributed by atoms with Crippen molar-refractivity contribution in [2.24, 2.45) is 0 Å². The van der Waals surface area contributed by atoms with E-state index in [4.69, 9.17) is 5.73 Å². The van der Waals surface area contributed by atoms with Gasteiger partial charge in [-0.3, -0.25) is 4.90 Å². The minimum Gasteiger partial charge on any atom is -0.368 e. The number of nitrogens with two attached hydrogens (primary N) is 1. The van der Waals surface area contributed by atoms with E-state index in [0.717, 1.165) is 31.3 Å². The second-order valence-electron chi connectivity index (χ2n) is 6.90. The molecule has 3 N–H and O–H groups in total. The molecule has 0 fully saturated rings. The molecule has 0 saturated carbocycles. The number of hydrogen-bond acceptors (Lipinski definition) is 6. The predicted molar refractivity (Wildman–Crippen MR) is 98.9 cm³/mol. The molecule has 1 aliphatic rings. The first-order valence-corrected chi connectivity index (χ1v) is 8.32. The molecule has 3 rings (SSSR count). The van der Waals surface area contributed by atoms with Crippen molar-refractivity contribution in [2.45, 2.75) is 39.5 Å². The van der Waals surface area contributed by atoms with E-state index >= 15 is 0 Å². The Bertz CT molecular complexity index is 727. The van der Waals surface area contributed by atoms with Crippen molar-refractivity contribution < 1.29 is 0 Å². The van der Waals surface area contributed by atoms with Crippen LogP contribution in [0, 0.1) is 0 Å². The summed E-state index contributed by atoms with van der Waals surface area (Å²) in [5.74, 6) is 1.87. The second kappa shape index (κ2) is 6.65. The summed E-state index contributed by atoms with van der Waals surface area (Å²) in [6, 6.07) is 8.98. The summed E-state index contributed by atoms with van der Waals surface area (Å²) in [4.78, 5) is 13.0. The molecule has 0 radical (unpaired) electrons. The van der Waals surface area contributed by atoms with Crippen LogP contribution in [-0.4, -0.2) is 35.0 Å². The molecule has 2 aromatic rings. The maximum Gasteiger partial charge on any atom is 0.223 e. The molecule has 6 heteroatoms. The van der Waals surface area contributed by atoms with Crippen LogP contribution in [0.3, 0.4) is 0 Å². The maximum atomic E-state index is 5.86. The molecule has 0 bridgehead atoms. The number of nitrogen functional groups attached to an aromatic ring is 1. The molecule has 24 heavy (non-hydrogen) atoms. The van der Waals surface area contributed by atoms with Gasteiger partial charge < -0.3 is 16.0 Å². The molecule has 0 aliphatic carbocycles. The normalized spacial score (nSPS) is 14.0. The number of aromatic nitrogens is 2. The first kappa shape index (κ1) is 16.5. The fraction of sp³-hybridized carbons (Fsp3) is 0.444. The second-order valence-corrected chi connectivity index (χ2v) is 6.90. The molecule has 1 aromatic heterocycles. The van der Waals surface area contributed by atoms with Gasteiger partial charge in [-0.15, -0.1) is 0 Å². The summed E-state index contributed by atoms with van der Waals surface area (Å²) in [7, 11) is 4.18. The Morgan fingerprint density at radius 2 is 1.96 bits per heavy atom. The van der Waals surface area contributed by atoms with E-state index in [1.807, 2.05) is 13.1 Å². The van der Waals surface area contributed by atoms with Gasteiger partial charge in [0.05, 0.1) is 0 Å². The van der Waals surface area contributed by atoms with Crippen LogP contribution in [0.1, 0.15) is 30.5 Å². The van der Waals surface area contributed by atoms with Crippen LogP contribution in [0.2, 0.25) is 0 Å². The van der Waals surface area contributed by atoms with Crippen molar-refractivity contribution in [1.82, 2.24) is 14.9 Å². The number of rotatable bonds is 5. The molecule has 6 nitrogen and oxygen atoms in total. The lowest BCUT2D eigenvalue weighted by Gasteiger charge is -2.20. The van der Waals surface area contributed by atoms with Crippen LogP contribution < -0.4 is 16.0 Å². The van der Waals surface area contributed by atoms with Crippen molar-refractivity contribution in [3.8, 4) is 0 Å². The van der Waals surface area contributed by atoms with E-state index in [1.54, 1.807) is 0 Å². The average molecular weight is 326 g/mol. The Morgan fingerprint density at radius 3 is 2.71 bits per heavy atom. The minimum absolute atomic E-state index is 0.290. The van der Waals surface area contributed by atoms with Crippen molar-refractivity contribution >= 4 is 17.6 Å². The van der Waals surface area contributed by atoms with Crippen LogP contribution in [0.4, 0.5) is 17.6 Å². The fourth-order valence-electron chi connectivity index (χ4n) is 3.09. The summed E-state index contributed by atoms with van der Waals surface area (Å²) in [5.41, 5.74) is 9.99. The summed E-state index contributed by atoms with van der Waals surface area (Å²) >= 11 is 0. The van der Waals surface area contributed by atoms with E-state index in [9.17, 15) is 0 Å². The lowest BCUT2D eigenvalue weighted by Crippen LogP contribution is -2.20. The van der Waals surface area contributed by atoms with Crippen molar-refractivity contribution in [2.75, 3.05) is 30.0 Å². The van der Waals surface area contributed by atoms with Gasteiger partial charge in [0, 0.05) is 38.8 Å². The lowest BCUT2D eigenvalue weighted by atomic mass is 10.1. The summed E-state index contributed by atoms with van der Waals surface area (Å²) in [5, 5.41) is 3.28. The Morgan fingerprint density at radius 1 is 1.21 bits per heavy atom. The smallest absolute Gasteiger partial charge is 0.223 e. The van der Waals surface area contributed by atoms with Crippen LogP contribution in [0.15, 0.2) is 24.3 Å². The van der Waals surface area contributed by atoms with Gasteiger partial charge in [-0.2, -0.15) is 9.97 Å². The number of benzene rings is 1. The van der Waals surface area contributed by atoms with Crippen LogP contribution in [-0.2, 0) is 19.6 Å². The third-order valence-corrected chi connectivity index (χ3v) is 4.13. The standard InChI is InChI=1S/C18H26N6/c1-12(2)20-16-8-17(22-18(19)21-16)24(4)9-13-5-6-14-10-23(3)11-15(14)7-13/h5-8,12H,9-11H2,1-4H3,(H3,19,20,21,22). The summed E-state index contributed by atoms with van der Waals surface area (Å²) in [6.45, 7) is 7.00. The van der Waals surface area contributed by atoms with Crippen LogP contribution in [0.5, 0.6) is 0 Å². The number of hydrogen-bond donors (Lipinski definition) is 2. The third-order valence-electron chi connectivity index (χ3n) is 4.13. The van der Waals surface area contributed by atoms with Gasteiger partial charge in [0.25, 0.3) is 0 Å². The molecule has 128 valence electrons. The molecule has 1 aromatic carbocycles. The molecule has 0 saturated heterocycles. The lowest BCUT2D eigenvalue weighted by molar-refractivity contribution is 0.353. The van der Waals surface area contributed by atoms with Crippen molar-refractivity contribution in [3.05, 3.63) is 41.0 Å². The summed E-state index contributed by atoms with van der Waals surface area (Å²) in [6.07, 6.45) is 0. The highest BCUT2D eigenvalue weighted by Crippen LogP contribution is 2.24. The van der Waals surface area contributed by atoms with E-state index in [-0.39, 0.29) is 5.95 Å². The van der Waals surface area contributed by atoms with E-state index in [0.29, 0.717) is 6.04 Å². The minimum atomic E-state index is 0.290. The zero-order valence-corrected chi connectivity index (χ0v) is 14.9. The molecule has 0 atom stereocenters. The monoisotopic (exact) mass is 326 g/mol. The van der Waals surface area contributed by atoms with E-state index < -0.39 is 0 Å². The highest BCUT2D eigenvalue weighted by Gasteiger charge is 2.16. The fourth-order valence-corrected chi connectivity index (χ4v) is 3.09. The molecule has 0 spiro atoms. The third kappa shape index (κ3) is 3.76. The Labute approximate surface area is 143 Å². The molecule has 0 amide bonds. The Hall–Kier alpha value is -2.34. The zero-order valence-electron chi connectivity index (χ0n) is 14.9. The maximum absolute atomic E-state index is 5.86. The van der Waals surface area contributed by atoms with Crippen LogP contribution >= 0.6 is 0 Å². The summed E-state index contributed by atoms with van der Waals surface area (Å²) < 4.78 is 0. The Kier molecular flexibility index (Phi) is 4.57. The van der Waals surface area contributed by atoms with Crippen molar-refractivity contribution in [1.29, 1.82) is 0 Å². The Balaban J connectivity index is 1.76. The SMILES string of the molecule is CC(C)Nc1cc(N(C)Cc2ccc3c(c2)CN(C)C3)nc(N)n1. The van der Waals surface area contributed by atoms with E-state index in [2.05, 4.69) is 64.2 Å². The highest BCUT2D eigenvalue weighted by atomic mass is 15.2. The van der Waals surface area contributed by atoms with Gasteiger partial charge >= 0.3 is 0 Å². The van der Waals surface area contributed by atoms with Gasteiger partial charge in [0.1, 0.15) is 11.6 Å².